The highest BCUT2D eigenvalue weighted by molar-refractivity contribution is 6.23. The molecule has 7 nitrogen and oxygen atoms in total. The first kappa shape index (κ1) is 14.1. The zero-order valence-corrected chi connectivity index (χ0v) is 11.9. The van der Waals surface area contributed by atoms with Gasteiger partial charge in [0.15, 0.2) is 0 Å². The number of ether oxygens (including phenoxy) is 1. The summed E-state index contributed by atoms with van der Waals surface area (Å²) in [7, 11) is 0. The van der Waals surface area contributed by atoms with Crippen LogP contribution in [-0.2, 0) is 14.3 Å². The Hall–Kier alpha value is -2.51. The van der Waals surface area contributed by atoms with Gasteiger partial charge in [-0.25, -0.2) is 9.69 Å². The number of aliphatic hydroxyl groups excluding tert-OH is 1. The van der Waals surface area contributed by atoms with Gasteiger partial charge in [-0.3, -0.25) is 9.59 Å². The van der Waals surface area contributed by atoms with E-state index in [4.69, 9.17) is 9.84 Å². The maximum absolute atomic E-state index is 12.7. The van der Waals surface area contributed by atoms with Crippen molar-refractivity contribution < 1.29 is 29.3 Å². The lowest BCUT2D eigenvalue weighted by molar-refractivity contribution is -0.128. The first-order valence-corrected chi connectivity index (χ1v) is 7.18. The Morgan fingerprint density at radius 2 is 1.91 bits per heavy atom. The Morgan fingerprint density at radius 1 is 1.22 bits per heavy atom. The summed E-state index contributed by atoms with van der Waals surface area (Å²) in [5.41, 5.74) is -0.727. The summed E-state index contributed by atoms with van der Waals surface area (Å²) in [6.07, 6.45) is 2.85. The van der Waals surface area contributed by atoms with E-state index >= 15 is 0 Å². The van der Waals surface area contributed by atoms with Gasteiger partial charge in [-0.2, -0.15) is 0 Å². The number of aliphatic hydroxyl groups is 1. The molecular formula is C16H13NO6. The Labute approximate surface area is 130 Å². The molecule has 4 rings (SSSR count). The van der Waals surface area contributed by atoms with Gasteiger partial charge in [0.25, 0.3) is 0 Å². The van der Waals surface area contributed by atoms with Gasteiger partial charge in [0.1, 0.15) is 5.60 Å². The fourth-order valence-electron chi connectivity index (χ4n) is 3.69. The van der Waals surface area contributed by atoms with Gasteiger partial charge in [0, 0.05) is 0 Å². The number of rotatable bonds is 3. The monoisotopic (exact) mass is 315 g/mol. The van der Waals surface area contributed by atoms with E-state index in [-0.39, 0.29) is 18.1 Å². The maximum Gasteiger partial charge on any atom is 0.335 e. The van der Waals surface area contributed by atoms with Gasteiger partial charge in [-0.1, -0.05) is 12.2 Å². The molecule has 7 heteroatoms. The number of fused-ring (bicyclic) bond motifs is 5. The van der Waals surface area contributed by atoms with Crippen LogP contribution < -0.4 is 4.90 Å². The molecule has 0 spiro atoms. The highest BCUT2D eigenvalue weighted by atomic mass is 16.5. The van der Waals surface area contributed by atoms with Gasteiger partial charge in [-0.15, -0.1) is 0 Å². The molecule has 0 saturated carbocycles. The van der Waals surface area contributed by atoms with Crippen molar-refractivity contribution in [2.75, 3.05) is 11.5 Å². The van der Waals surface area contributed by atoms with Crippen molar-refractivity contribution >= 4 is 23.5 Å². The molecule has 3 heterocycles. The lowest BCUT2D eigenvalue weighted by Crippen LogP contribution is -2.43. The van der Waals surface area contributed by atoms with E-state index in [1.807, 2.05) is 0 Å². The minimum atomic E-state index is -1.13. The quantitative estimate of drug-likeness (QED) is 0.609. The molecule has 0 aromatic heterocycles. The molecule has 0 unspecified atom stereocenters. The Balaban J connectivity index is 1.72. The van der Waals surface area contributed by atoms with Gasteiger partial charge in [0.2, 0.25) is 11.8 Å². The third kappa shape index (κ3) is 1.68. The summed E-state index contributed by atoms with van der Waals surface area (Å²) in [5, 5.41) is 18.5. The Bertz CT molecular complexity index is 754. The number of nitrogens with zero attached hydrogens (tertiary/aromatic N) is 1. The second-order valence-corrected chi connectivity index (χ2v) is 5.92. The standard InChI is InChI=1S/C16H13NO6/c18-7-16-6-5-10(23-16)11-12(16)14(20)17(13(11)19)9-3-1-8(2-4-9)15(21)22/h1-6,10-12,18H,7H2,(H,21,22)/t10-,11-,12-,16+/m0/s1. The van der Waals surface area contributed by atoms with Crippen LogP contribution in [0.5, 0.6) is 0 Å². The van der Waals surface area contributed by atoms with Crippen molar-refractivity contribution in [3.05, 3.63) is 42.0 Å². The number of carbonyl (C=O) groups is 3. The van der Waals surface area contributed by atoms with Crippen molar-refractivity contribution in [1.82, 2.24) is 0 Å². The van der Waals surface area contributed by atoms with Gasteiger partial charge >= 0.3 is 5.97 Å². The maximum atomic E-state index is 12.7. The topological polar surface area (TPSA) is 104 Å². The molecule has 3 aliphatic rings. The van der Waals surface area contributed by atoms with E-state index in [0.717, 1.165) is 4.90 Å². The van der Waals surface area contributed by atoms with Crippen molar-refractivity contribution in [3.8, 4) is 0 Å². The summed E-state index contributed by atoms with van der Waals surface area (Å²) >= 11 is 0. The molecule has 2 amide bonds. The highest BCUT2D eigenvalue weighted by Gasteiger charge is 2.67. The smallest absolute Gasteiger partial charge is 0.335 e. The van der Waals surface area contributed by atoms with Crippen LogP contribution in [-0.4, -0.2) is 46.3 Å². The van der Waals surface area contributed by atoms with Crippen LogP contribution in [0.2, 0.25) is 0 Å². The average Bonchev–Trinajstić information content (AvgIpc) is 3.19. The summed E-state index contributed by atoms with van der Waals surface area (Å²) in [4.78, 5) is 37.4. The van der Waals surface area contributed by atoms with Crippen LogP contribution in [0.4, 0.5) is 5.69 Å². The van der Waals surface area contributed by atoms with Gasteiger partial charge in [0.05, 0.1) is 35.8 Å². The first-order chi connectivity index (χ1) is 11.0. The minimum Gasteiger partial charge on any atom is -0.478 e. The molecular weight excluding hydrogens is 302 g/mol. The van der Waals surface area contributed by atoms with E-state index in [1.165, 1.54) is 24.3 Å². The van der Waals surface area contributed by atoms with Gasteiger partial charge in [-0.05, 0) is 24.3 Å². The number of hydrogen-bond acceptors (Lipinski definition) is 5. The van der Waals surface area contributed by atoms with E-state index in [9.17, 15) is 19.5 Å². The molecule has 3 aliphatic heterocycles. The number of imide groups is 1. The summed E-state index contributed by atoms with van der Waals surface area (Å²) in [6, 6.07) is 5.55. The third-order valence-electron chi connectivity index (χ3n) is 4.77. The number of carboxylic acids is 1. The number of anilines is 1. The number of aromatic carboxylic acids is 1. The lowest BCUT2D eigenvalue weighted by atomic mass is 9.77. The molecule has 2 bridgehead atoms. The SMILES string of the molecule is O=C(O)c1ccc(N2C(=O)[C@H]3[C@@H]4C=C[C@](CO)(O4)[C@@H]3C2=O)cc1. The highest BCUT2D eigenvalue weighted by Crippen LogP contribution is 2.52. The van der Waals surface area contributed by atoms with E-state index in [1.54, 1.807) is 12.2 Å². The van der Waals surface area contributed by atoms with Crippen LogP contribution in [0, 0.1) is 11.8 Å². The van der Waals surface area contributed by atoms with E-state index in [0.29, 0.717) is 5.69 Å². The zero-order valence-electron chi connectivity index (χ0n) is 11.9. The van der Waals surface area contributed by atoms with E-state index in [2.05, 4.69) is 0 Å². The average molecular weight is 315 g/mol. The number of hydrogen-bond donors (Lipinski definition) is 2. The van der Waals surface area contributed by atoms with Crippen molar-refractivity contribution in [1.29, 1.82) is 0 Å². The molecule has 23 heavy (non-hydrogen) atoms. The number of carbonyl (C=O) groups excluding carboxylic acids is 2. The van der Waals surface area contributed by atoms with Crippen LogP contribution in [0.3, 0.4) is 0 Å². The fourth-order valence-corrected chi connectivity index (χ4v) is 3.69. The second kappa shape index (κ2) is 4.50. The second-order valence-electron chi connectivity index (χ2n) is 5.92. The van der Waals surface area contributed by atoms with Crippen LogP contribution >= 0.6 is 0 Å². The third-order valence-corrected chi connectivity index (χ3v) is 4.77. The number of amides is 2. The normalized spacial score (nSPS) is 34.3. The Morgan fingerprint density at radius 3 is 2.52 bits per heavy atom. The lowest BCUT2D eigenvalue weighted by Gasteiger charge is -2.26. The molecule has 118 valence electrons. The van der Waals surface area contributed by atoms with Crippen molar-refractivity contribution in [3.63, 3.8) is 0 Å². The van der Waals surface area contributed by atoms with E-state index < -0.39 is 35.4 Å². The number of benzene rings is 1. The molecule has 1 aromatic rings. The first-order valence-electron chi connectivity index (χ1n) is 7.18. The number of carboxylic acid groups (broad SMARTS) is 1. The molecule has 1 aromatic carbocycles. The molecule has 4 atom stereocenters. The molecule has 2 N–H and O–H groups in total. The van der Waals surface area contributed by atoms with Crippen LogP contribution in [0.25, 0.3) is 0 Å². The zero-order chi connectivity index (χ0) is 16.4. The molecule has 0 radical (unpaired) electrons. The minimum absolute atomic E-state index is 0.0740. The molecule has 0 aliphatic carbocycles. The largest absolute Gasteiger partial charge is 0.478 e. The fraction of sp³-hybridized carbons (Fsp3) is 0.312. The van der Waals surface area contributed by atoms with Gasteiger partial charge < -0.3 is 14.9 Å². The van der Waals surface area contributed by atoms with Crippen LogP contribution in [0.1, 0.15) is 10.4 Å². The Kier molecular flexibility index (Phi) is 2.76. The molecule has 2 fully saturated rings. The van der Waals surface area contributed by atoms with Crippen molar-refractivity contribution in [2.45, 2.75) is 11.7 Å². The predicted octanol–water partition coefficient (Wildman–Crippen LogP) is 0.190. The van der Waals surface area contributed by atoms with Crippen molar-refractivity contribution in [2.24, 2.45) is 11.8 Å². The molecule has 2 saturated heterocycles. The predicted molar refractivity (Wildman–Crippen MR) is 76.7 cm³/mol. The summed E-state index contributed by atoms with van der Waals surface area (Å²) in [6.45, 7) is -0.369. The summed E-state index contributed by atoms with van der Waals surface area (Å²) in [5.74, 6) is -3.27. The summed E-state index contributed by atoms with van der Waals surface area (Å²) < 4.78 is 5.64. The van der Waals surface area contributed by atoms with Crippen LogP contribution in [0.15, 0.2) is 36.4 Å².